The molecule has 0 fully saturated rings. The summed E-state index contributed by atoms with van der Waals surface area (Å²) in [5.74, 6) is -0.973. The van der Waals surface area contributed by atoms with Gasteiger partial charge in [0.1, 0.15) is 12.4 Å². The highest BCUT2D eigenvalue weighted by molar-refractivity contribution is 5.82. The van der Waals surface area contributed by atoms with Crippen LogP contribution in [0.15, 0.2) is 42.5 Å². The molecule has 0 radical (unpaired) electrons. The van der Waals surface area contributed by atoms with E-state index in [0.717, 1.165) is 5.56 Å². The molecule has 2 aromatic carbocycles. The summed E-state index contributed by atoms with van der Waals surface area (Å²) in [5, 5.41) is 0. The smallest absolute Gasteiger partial charge is 0.174 e. The maximum absolute atomic E-state index is 13.4. The Bertz CT molecular complexity index is 606. The molecule has 2 aromatic rings. The average molecular weight is 276 g/mol. The predicted molar refractivity (Wildman–Crippen MR) is 71.7 cm³/mol. The van der Waals surface area contributed by atoms with Crippen LogP contribution in [0.3, 0.4) is 0 Å². The lowest BCUT2D eigenvalue weighted by molar-refractivity contribution is -0.120. The number of carbonyl (C=O) groups excluding carboxylic acids is 1. The van der Waals surface area contributed by atoms with Crippen molar-refractivity contribution in [3.8, 4) is 5.75 Å². The molecule has 0 aliphatic heterocycles. The van der Waals surface area contributed by atoms with Crippen molar-refractivity contribution >= 4 is 5.78 Å². The van der Waals surface area contributed by atoms with Gasteiger partial charge in [0.15, 0.2) is 17.3 Å². The van der Waals surface area contributed by atoms with Crippen molar-refractivity contribution in [2.24, 2.45) is 0 Å². The normalized spacial score (nSPS) is 10.3. The number of hydrogen-bond acceptors (Lipinski definition) is 2. The molecular weight excluding hydrogens is 262 g/mol. The molecule has 0 aliphatic rings. The van der Waals surface area contributed by atoms with E-state index in [4.69, 9.17) is 4.74 Å². The lowest BCUT2D eigenvalue weighted by Gasteiger charge is -2.07. The number of aryl methyl sites for hydroxylation is 1. The molecule has 0 heterocycles. The van der Waals surface area contributed by atoms with Crippen LogP contribution in [-0.4, -0.2) is 12.4 Å². The highest BCUT2D eigenvalue weighted by atomic mass is 19.1. The topological polar surface area (TPSA) is 26.3 Å². The predicted octanol–water partition coefficient (Wildman–Crippen LogP) is 3.46. The monoisotopic (exact) mass is 276 g/mol. The molecule has 0 spiro atoms. The Morgan fingerprint density at radius 1 is 1.10 bits per heavy atom. The molecule has 0 saturated heterocycles. The average Bonchev–Trinajstić information content (AvgIpc) is 2.42. The van der Waals surface area contributed by atoms with Gasteiger partial charge in [-0.05, 0) is 42.3 Å². The molecular formula is C16H14F2O2. The third-order valence-electron chi connectivity index (χ3n) is 2.79. The van der Waals surface area contributed by atoms with Gasteiger partial charge in [-0.3, -0.25) is 4.79 Å². The number of hydrogen-bond donors (Lipinski definition) is 0. The Morgan fingerprint density at radius 3 is 2.50 bits per heavy atom. The molecule has 0 aliphatic carbocycles. The van der Waals surface area contributed by atoms with Gasteiger partial charge in [0.05, 0.1) is 0 Å². The third kappa shape index (κ3) is 3.88. The van der Waals surface area contributed by atoms with E-state index < -0.39 is 5.82 Å². The van der Waals surface area contributed by atoms with Crippen LogP contribution in [0, 0.1) is 18.6 Å². The molecule has 4 heteroatoms. The van der Waals surface area contributed by atoms with Gasteiger partial charge in [-0.15, -0.1) is 0 Å². The molecule has 0 saturated carbocycles. The first-order chi connectivity index (χ1) is 9.54. The molecule has 0 unspecified atom stereocenters. The van der Waals surface area contributed by atoms with Crippen LogP contribution in [0.1, 0.15) is 11.1 Å². The number of halogens is 2. The second-order valence-electron chi connectivity index (χ2n) is 4.56. The summed E-state index contributed by atoms with van der Waals surface area (Å²) in [6, 6.07) is 10.1. The van der Waals surface area contributed by atoms with Crippen molar-refractivity contribution in [2.75, 3.05) is 6.61 Å². The van der Waals surface area contributed by atoms with Crippen molar-refractivity contribution in [1.82, 2.24) is 0 Å². The lowest BCUT2D eigenvalue weighted by atomic mass is 10.1. The minimum Gasteiger partial charge on any atom is -0.483 e. The van der Waals surface area contributed by atoms with E-state index in [-0.39, 0.29) is 30.4 Å². The Kier molecular flexibility index (Phi) is 4.45. The van der Waals surface area contributed by atoms with E-state index in [0.29, 0.717) is 5.56 Å². The van der Waals surface area contributed by atoms with E-state index in [1.54, 1.807) is 24.3 Å². The fraction of sp³-hybridized carbons (Fsp3) is 0.188. The maximum Gasteiger partial charge on any atom is 0.174 e. The number of carbonyl (C=O) groups is 1. The van der Waals surface area contributed by atoms with Crippen LogP contribution in [0.2, 0.25) is 0 Å². The van der Waals surface area contributed by atoms with Gasteiger partial charge in [0.25, 0.3) is 0 Å². The number of Topliss-reactive ketones (excluding diaryl/α,β-unsaturated/α-hetero) is 1. The van der Waals surface area contributed by atoms with E-state index in [2.05, 4.69) is 0 Å². The van der Waals surface area contributed by atoms with E-state index in [1.807, 2.05) is 6.92 Å². The molecule has 0 aromatic heterocycles. The first kappa shape index (κ1) is 14.2. The molecule has 2 rings (SSSR count). The van der Waals surface area contributed by atoms with Crippen molar-refractivity contribution in [2.45, 2.75) is 13.3 Å². The zero-order valence-electron chi connectivity index (χ0n) is 11.0. The Balaban J connectivity index is 1.92. The van der Waals surface area contributed by atoms with E-state index in [9.17, 15) is 13.6 Å². The van der Waals surface area contributed by atoms with Crippen LogP contribution in [0.4, 0.5) is 8.78 Å². The largest absolute Gasteiger partial charge is 0.483 e. The summed E-state index contributed by atoms with van der Waals surface area (Å²) >= 11 is 0. The summed E-state index contributed by atoms with van der Waals surface area (Å²) in [4.78, 5) is 11.7. The second-order valence-corrected chi connectivity index (χ2v) is 4.56. The fourth-order valence-corrected chi connectivity index (χ4v) is 1.76. The number of ketones is 1. The Labute approximate surface area is 116 Å². The third-order valence-corrected chi connectivity index (χ3v) is 2.79. The molecule has 0 N–H and O–H groups in total. The van der Waals surface area contributed by atoms with Gasteiger partial charge in [0.2, 0.25) is 0 Å². The molecule has 2 nitrogen and oxygen atoms in total. The van der Waals surface area contributed by atoms with Crippen LogP contribution in [0.25, 0.3) is 0 Å². The van der Waals surface area contributed by atoms with Crippen LogP contribution in [0.5, 0.6) is 5.75 Å². The molecule has 0 bridgehead atoms. The summed E-state index contributed by atoms with van der Waals surface area (Å²) in [5.41, 5.74) is 1.55. The lowest BCUT2D eigenvalue weighted by Crippen LogP contribution is -2.14. The van der Waals surface area contributed by atoms with Gasteiger partial charge >= 0.3 is 0 Å². The quantitative estimate of drug-likeness (QED) is 0.836. The molecule has 104 valence electrons. The SMILES string of the molecule is Cc1ccc(F)c(OCC(=O)Cc2ccc(F)cc2)c1. The van der Waals surface area contributed by atoms with Gasteiger partial charge in [0, 0.05) is 6.42 Å². The van der Waals surface area contributed by atoms with Gasteiger partial charge in [-0.1, -0.05) is 18.2 Å². The summed E-state index contributed by atoms with van der Waals surface area (Å²) in [7, 11) is 0. The van der Waals surface area contributed by atoms with Gasteiger partial charge in [-0.25, -0.2) is 8.78 Å². The number of ether oxygens (including phenoxy) is 1. The highest BCUT2D eigenvalue weighted by Gasteiger charge is 2.08. The second kappa shape index (κ2) is 6.28. The zero-order chi connectivity index (χ0) is 14.5. The van der Waals surface area contributed by atoms with Crippen molar-refractivity contribution in [1.29, 1.82) is 0 Å². The van der Waals surface area contributed by atoms with E-state index in [1.165, 1.54) is 18.2 Å². The zero-order valence-corrected chi connectivity index (χ0v) is 11.0. The van der Waals surface area contributed by atoms with Crippen molar-refractivity contribution in [3.05, 3.63) is 65.2 Å². The van der Waals surface area contributed by atoms with Crippen molar-refractivity contribution in [3.63, 3.8) is 0 Å². The van der Waals surface area contributed by atoms with Crippen LogP contribution in [-0.2, 0) is 11.2 Å². The first-order valence-corrected chi connectivity index (χ1v) is 6.19. The van der Waals surface area contributed by atoms with Gasteiger partial charge in [-0.2, -0.15) is 0 Å². The van der Waals surface area contributed by atoms with Crippen molar-refractivity contribution < 1.29 is 18.3 Å². The summed E-state index contributed by atoms with van der Waals surface area (Å²) in [6.45, 7) is 1.60. The first-order valence-electron chi connectivity index (χ1n) is 6.19. The maximum atomic E-state index is 13.4. The Hall–Kier alpha value is -2.23. The highest BCUT2D eigenvalue weighted by Crippen LogP contribution is 2.18. The van der Waals surface area contributed by atoms with Gasteiger partial charge < -0.3 is 4.74 Å². The number of benzene rings is 2. The van der Waals surface area contributed by atoms with E-state index >= 15 is 0 Å². The minimum absolute atomic E-state index is 0.0671. The molecule has 0 atom stereocenters. The van der Waals surface area contributed by atoms with Crippen LogP contribution < -0.4 is 4.74 Å². The summed E-state index contributed by atoms with van der Waals surface area (Å²) in [6.07, 6.45) is 0.133. The number of rotatable bonds is 5. The van der Waals surface area contributed by atoms with Crippen LogP contribution >= 0.6 is 0 Å². The Morgan fingerprint density at radius 2 is 1.80 bits per heavy atom. The fourth-order valence-electron chi connectivity index (χ4n) is 1.76. The molecule has 0 amide bonds. The minimum atomic E-state index is -0.495. The molecule has 20 heavy (non-hydrogen) atoms. The summed E-state index contributed by atoms with van der Waals surface area (Å²) < 4.78 is 31.3. The standard InChI is InChI=1S/C16H14F2O2/c1-11-2-7-15(18)16(8-11)20-10-14(19)9-12-3-5-13(17)6-4-12/h2-8H,9-10H2,1H3.